The molecule has 2 heterocycles. The number of amides is 2. The van der Waals surface area contributed by atoms with Gasteiger partial charge in [-0.1, -0.05) is 26.2 Å². The van der Waals surface area contributed by atoms with Crippen molar-refractivity contribution in [3.8, 4) is 5.75 Å². The molecule has 0 unspecified atom stereocenters. The molecule has 182 valence electrons. The van der Waals surface area contributed by atoms with E-state index in [0.29, 0.717) is 18.6 Å². The van der Waals surface area contributed by atoms with Crippen LogP contribution >= 0.6 is 0 Å². The summed E-state index contributed by atoms with van der Waals surface area (Å²) in [6.45, 7) is 1.55. The van der Waals surface area contributed by atoms with Crippen molar-refractivity contribution >= 4 is 11.8 Å². The number of hydrogen-bond acceptors (Lipinski definition) is 4. The fourth-order valence-corrected chi connectivity index (χ4v) is 4.56. The summed E-state index contributed by atoms with van der Waals surface area (Å²) in [7, 11) is 0. The van der Waals surface area contributed by atoms with Gasteiger partial charge >= 0.3 is 0 Å². The molecule has 2 aliphatic rings. The predicted octanol–water partition coefficient (Wildman–Crippen LogP) is 3.60. The molecule has 4 rings (SSSR count). The van der Waals surface area contributed by atoms with Crippen LogP contribution in [0.2, 0.25) is 0 Å². The molecule has 0 spiro atoms. The van der Waals surface area contributed by atoms with Crippen LogP contribution in [-0.2, 0) is 6.54 Å². The molecule has 10 heteroatoms. The molecule has 1 aromatic heterocycles. The van der Waals surface area contributed by atoms with E-state index in [-0.39, 0.29) is 35.7 Å². The number of benzene rings is 1. The summed E-state index contributed by atoms with van der Waals surface area (Å²) < 4.78 is 48.4. The van der Waals surface area contributed by atoms with Gasteiger partial charge in [0.05, 0.1) is 12.6 Å². The molecule has 34 heavy (non-hydrogen) atoms. The second-order valence-electron chi connectivity index (χ2n) is 8.62. The molecular weight excluding hydrogens is 451 g/mol. The Bertz CT molecular complexity index is 1160. The third-order valence-electron chi connectivity index (χ3n) is 6.33. The van der Waals surface area contributed by atoms with E-state index in [1.165, 1.54) is 6.20 Å². The summed E-state index contributed by atoms with van der Waals surface area (Å²) >= 11 is 0. The summed E-state index contributed by atoms with van der Waals surface area (Å²) in [5.41, 5.74) is -1.52. The standard InChI is InChI=1S/C24H26F3N3O4/c1-2-3-8-34-22-20-24(33)29-18-6-4-5-7-19(18)30(20)12-15(21(22)31)23(32)28-11-14-16(26)9-13(25)10-17(14)27/h9-10,12,18-19H,2-8,11H2,1H3,(H,28,32)(H,29,33)/t18-,19+/m0/s1. The zero-order valence-electron chi connectivity index (χ0n) is 18.8. The van der Waals surface area contributed by atoms with E-state index in [4.69, 9.17) is 4.74 Å². The Hall–Kier alpha value is -3.30. The number of rotatable bonds is 7. The third kappa shape index (κ3) is 4.53. The maximum atomic E-state index is 14.0. The van der Waals surface area contributed by atoms with Gasteiger partial charge in [0, 0.05) is 36.5 Å². The lowest BCUT2D eigenvalue weighted by atomic mass is 9.87. The van der Waals surface area contributed by atoms with E-state index in [1.54, 1.807) is 4.57 Å². The van der Waals surface area contributed by atoms with Crippen LogP contribution in [0.15, 0.2) is 23.1 Å². The van der Waals surface area contributed by atoms with Crippen molar-refractivity contribution in [3.63, 3.8) is 0 Å². The third-order valence-corrected chi connectivity index (χ3v) is 6.33. The first kappa shape index (κ1) is 23.8. The average molecular weight is 477 g/mol. The maximum Gasteiger partial charge on any atom is 0.272 e. The highest BCUT2D eigenvalue weighted by Gasteiger charge is 2.38. The minimum atomic E-state index is -1.15. The highest BCUT2D eigenvalue weighted by molar-refractivity contribution is 5.99. The van der Waals surface area contributed by atoms with Gasteiger partial charge in [0.25, 0.3) is 11.8 Å². The molecule has 1 fully saturated rings. The van der Waals surface area contributed by atoms with Gasteiger partial charge < -0.3 is 19.9 Å². The van der Waals surface area contributed by atoms with Crippen LogP contribution in [0.3, 0.4) is 0 Å². The van der Waals surface area contributed by atoms with Crippen LogP contribution in [-0.4, -0.2) is 29.0 Å². The van der Waals surface area contributed by atoms with Crippen molar-refractivity contribution in [1.82, 2.24) is 15.2 Å². The zero-order chi connectivity index (χ0) is 24.4. The van der Waals surface area contributed by atoms with E-state index < -0.39 is 46.8 Å². The molecule has 1 saturated carbocycles. The lowest BCUT2D eigenvalue weighted by molar-refractivity contribution is 0.0835. The minimum Gasteiger partial charge on any atom is -0.487 e. The Morgan fingerprint density at radius 3 is 2.59 bits per heavy atom. The minimum absolute atomic E-state index is 0.0800. The van der Waals surface area contributed by atoms with Gasteiger partial charge in [0.15, 0.2) is 11.4 Å². The Labute approximate surface area is 194 Å². The van der Waals surface area contributed by atoms with Gasteiger partial charge in [0.2, 0.25) is 5.43 Å². The van der Waals surface area contributed by atoms with Crippen molar-refractivity contribution < 1.29 is 27.5 Å². The molecule has 2 amide bonds. The normalized spacial score (nSPS) is 19.1. The number of fused-ring (bicyclic) bond motifs is 3. The van der Waals surface area contributed by atoms with Crippen molar-refractivity contribution in [2.24, 2.45) is 0 Å². The van der Waals surface area contributed by atoms with Crippen LogP contribution in [0.4, 0.5) is 13.2 Å². The van der Waals surface area contributed by atoms with Crippen molar-refractivity contribution in [3.05, 3.63) is 62.8 Å². The van der Waals surface area contributed by atoms with Crippen molar-refractivity contribution in [2.75, 3.05) is 6.61 Å². The Balaban J connectivity index is 1.71. The second-order valence-corrected chi connectivity index (χ2v) is 8.62. The predicted molar refractivity (Wildman–Crippen MR) is 117 cm³/mol. The van der Waals surface area contributed by atoms with Crippen LogP contribution in [0.25, 0.3) is 0 Å². The second kappa shape index (κ2) is 9.90. The summed E-state index contributed by atoms with van der Waals surface area (Å²) in [5.74, 6) is -4.89. The number of carbonyl (C=O) groups is 2. The summed E-state index contributed by atoms with van der Waals surface area (Å²) in [4.78, 5) is 39.0. The van der Waals surface area contributed by atoms with E-state index in [2.05, 4.69) is 10.6 Å². The van der Waals surface area contributed by atoms with Gasteiger partial charge in [-0.3, -0.25) is 14.4 Å². The molecule has 1 aliphatic heterocycles. The number of nitrogens with one attached hydrogen (secondary N) is 2. The number of nitrogens with zero attached hydrogens (tertiary/aromatic N) is 1. The molecule has 7 nitrogen and oxygen atoms in total. The molecule has 1 aromatic carbocycles. The van der Waals surface area contributed by atoms with Gasteiger partial charge in [-0.25, -0.2) is 13.2 Å². The van der Waals surface area contributed by atoms with Crippen LogP contribution in [0.1, 0.15) is 77.9 Å². The van der Waals surface area contributed by atoms with Gasteiger partial charge in [0.1, 0.15) is 23.0 Å². The Morgan fingerprint density at radius 2 is 1.88 bits per heavy atom. The first-order chi connectivity index (χ1) is 16.3. The first-order valence-corrected chi connectivity index (χ1v) is 11.5. The van der Waals surface area contributed by atoms with Crippen LogP contribution < -0.4 is 20.8 Å². The number of carbonyl (C=O) groups excluding carboxylic acids is 2. The van der Waals surface area contributed by atoms with Gasteiger partial charge in [-0.05, 0) is 19.3 Å². The first-order valence-electron chi connectivity index (χ1n) is 11.5. The molecule has 0 saturated heterocycles. The summed E-state index contributed by atoms with van der Waals surface area (Å²) in [6, 6.07) is 0.756. The topological polar surface area (TPSA) is 89.4 Å². The largest absolute Gasteiger partial charge is 0.487 e. The van der Waals surface area contributed by atoms with Crippen molar-refractivity contribution in [2.45, 2.75) is 64.1 Å². The molecule has 2 aromatic rings. The number of hydrogen-bond donors (Lipinski definition) is 2. The highest BCUT2D eigenvalue weighted by Crippen LogP contribution is 2.35. The van der Waals surface area contributed by atoms with E-state index >= 15 is 0 Å². The van der Waals surface area contributed by atoms with E-state index in [0.717, 1.165) is 32.1 Å². The number of pyridine rings is 1. The molecular formula is C24H26F3N3O4. The molecule has 0 bridgehead atoms. The summed E-state index contributed by atoms with van der Waals surface area (Å²) in [6.07, 6.45) is 6.19. The SMILES string of the molecule is CCCCOc1c2n(cc(C(=O)NCc3c(F)cc(F)cc3F)c1=O)[C@@H]1CCCC[C@@H]1NC2=O. The van der Waals surface area contributed by atoms with Gasteiger partial charge in [-0.2, -0.15) is 0 Å². The average Bonchev–Trinajstić information content (AvgIpc) is 2.79. The zero-order valence-corrected chi connectivity index (χ0v) is 18.8. The smallest absolute Gasteiger partial charge is 0.272 e. The lowest BCUT2D eigenvalue weighted by Crippen LogP contribution is -2.50. The lowest BCUT2D eigenvalue weighted by Gasteiger charge is -2.39. The van der Waals surface area contributed by atoms with Crippen molar-refractivity contribution in [1.29, 1.82) is 0 Å². The number of aromatic nitrogens is 1. The summed E-state index contributed by atoms with van der Waals surface area (Å²) in [5, 5.41) is 5.28. The fraction of sp³-hybridized carbons (Fsp3) is 0.458. The van der Waals surface area contributed by atoms with E-state index in [1.807, 2.05) is 6.92 Å². The maximum absolute atomic E-state index is 14.0. The number of unbranched alkanes of at least 4 members (excludes halogenated alkanes) is 1. The molecule has 2 N–H and O–H groups in total. The quantitative estimate of drug-likeness (QED) is 0.597. The number of ether oxygens (including phenoxy) is 1. The highest BCUT2D eigenvalue weighted by atomic mass is 19.1. The molecule has 2 atom stereocenters. The molecule has 1 aliphatic carbocycles. The monoisotopic (exact) mass is 477 g/mol. The van der Waals surface area contributed by atoms with Crippen LogP contribution in [0.5, 0.6) is 5.75 Å². The Morgan fingerprint density at radius 1 is 1.18 bits per heavy atom. The molecule has 0 radical (unpaired) electrons. The van der Waals surface area contributed by atoms with E-state index in [9.17, 15) is 27.6 Å². The Kier molecular flexibility index (Phi) is 6.95. The number of halogens is 3. The van der Waals surface area contributed by atoms with Gasteiger partial charge in [-0.15, -0.1) is 0 Å². The fourth-order valence-electron chi connectivity index (χ4n) is 4.56. The van der Waals surface area contributed by atoms with Crippen LogP contribution in [0, 0.1) is 17.5 Å².